The molecule has 1 unspecified atom stereocenters. The lowest BCUT2D eigenvalue weighted by molar-refractivity contribution is 0.460. The lowest BCUT2D eigenvalue weighted by Gasteiger charge is -2.32. The summed E-state index contributed by atoms with van der Waals surface area (Å²) >= 11 is 12.4. The molecule has 0 saturated carbocycles. The van der Waals surface area contributed by atoms with Crippen molar-refractivity contribution in [1.82, 2.24) is 9.80 Å². The number of halogens is 2. The maximum atomic E-state index is 6.21. The number of likely N-dealkylation sites (N-methyl/N-ethyl adjacent to an activating group) is 2. The second kappa shape index (κ2) is 6.32. The van der Waals surface area contributed by atoms with E-state index in [0.717, 1.165) is 37.9 Å². The van der Waals surface area contributed by atoms with Crippen molar-refractivity contribution in [3.8, 4) is 0 Å². The molecule has 0 saturated heterocycles. The van der Waals surface area contributed by atoms with E-state index in [1.807, 2.05) is 39.8 Å². The Morgan fingerprint density at radius 1 is 0.955 bits per heavy atom. The molecule has 2 aliphatic rings. The Morgan fingerprint density at radius 2 is 1.45 bits per heavy atom. The van der Waals surface area contributed by atoms with Crippen LogP contribution in [0.5, 0.6) is 0 Å². The number of amidine groups is 2. The van der Waals surface area contributed by atoms with Crippen LogP contribution in [-0.4, -0.2) is 77.7 Å². The molecule has 1 atom stereocenters. The fourth-order valence-electron chi connectivity index (χ4n) is 2.73. The van der Waals surface area contributed by atoms with Crippen LogP contribution in [0.3, 0.4) is 0 Å². The highest BCUT2D eigenvalue weighted by atomic mass is 35.5. The summed E-state index contributed by atoms with van der Waals surface area (Å²) in [6.07, 6.45) is 0. The van der Waals surface area contributed by atoms with Gasteiger partial charge in [0.15, 0.2) is 5.54 Å². The molecule has 22 heavy (non-hydrogen) atoms. The van der Waals surface area contributed by atoms with Gasteiger partial charge >= 0.3 is 0 Å². The van der Waals surface area contributed by atoms with Gasteiger partial charge in [-0.15, -0.1) is 23.2 Å². The van der Waals surface area contributed by atoms with Gasteiger partial charge in [0, 0.05) is 27.2 Å². The minimum atomic E-state index is -0.858. The van der Waals surface area contributed by atoms with Crippen molar-refractivity contribution in [1.29, 1.82) is 0 Å². The molecule has 2 heterocycles. The first-order chi connectivity index (χ1) is 10.2. The minimum absolute atomic E-state index is 0.521. The fourth-order valence-corrected chi connectivity index (χ4v) is 3.01. The van der Waals surface area contributed by atoms with Gasteiger partial charge in [0.1, 0.15) is 22.0 Å². The summed E-state index contributed by atoms with van der Waals surface area (Å²) in [6.45, 7) is 9.15. The summed E-state index contributed by atoms with van der Waals surface area (Å²) < 4.78 is 0. The van der Waals surface area contributed by atoms with Crippen LogP contribution in [0.2, 0.25) is 0 Å². The van der Waals surface area contributed by atoms with E-state index in [1.54, 1.807) is 0 Å². The molecule has 0 aromatic carbocycles. The number of aliphatic imine (C=N–C) groups is 2. The normalized spacial score (nSPS) is 22.5. The van der Waals surface area contributed by atoms with Crippen LogP contribution in [-0.2, 0) is 0 Å². The molecule has 0 amide bonds. The van der Waals surface area contributed by atoms with Crippen molar-refractivity contribution in [2.24, 2.45) is 20.2 Å². The molecular formula is C14H24Cl2N6. The summed E-state index contributed by atoms with van der Waals surface area (Å²) in [5, 5.41) is 9.06. The van der Waals surface area contributed by atoms with Crippen LogP contribution in [0.4, 0.5) is 0 Å². The molecule has 0 aromatic heterocycles. The highest BCUT2D eigenvalue weighted by Crippen LogP contribution is 2.31. The number of rotatable bonds is 5. The second-order valence-corrected chi connectivity index (χ2v) is 7.56. The lowest BCUT2D eigenvalue weighted by Crippen LogP contribution is -2.47. The summed E-state index contributed by atoms with van der Waals surface area (Å²) in [5.74, 6) is 1.71. The van der Waals surface area contributed by atoms with Gasteiger partial charge in [-0.2, -0.15) is 10.2 Å². The van der Waals surface area contributed by atoms with Crippen molar-refractivity contribution in [2.75, 3.05) is 40.3 Å². The van der Waals surface area contributed by atoms with Gasteiger partial charge in [0.25, 0.3) is 0 Å². The standard InChI is InChI=1S/C14H24Cl2N6/c1-13(2,11-17-6-8-21(11)4)19-20-14(3,10(15)16)12-18-7-9-22(12)5/h10H,6-9H2,1-5H3. The zero-order valence-electron chi connectivity index (χ0n) is 13.8. The van der Waals surface area contributed by atoms with Gasteiger partial charge in [0.05, 0.1) is 13.1 Å². The molecule has 8 heteroatoms. The highest BCUT2D eigenvalue weighted by Gasteiger charge is 2.42. The highest BCUT2D eigenvalue weighted by molar-refractivity contribution is 6.46. The quantitative estimate of drug-likeness (QED) is 0.567. The summed E-state index contributed by atoms with van der Waals surface area (Å²) in [4.78, 5) is 12.4. The predicted molar refractivity (Wildman–Crippen MR) is 92.7 cm³/mol. The Balaban J connectivity index is 2.28. The fraction of sp³-hybridized carbons (Fsp3) is 0.857. The Bertz CT molecular complexity index is 513. The third kappa shape index (κ3) is 3.23. The van der Waals surface area contributed by atoms with Crippen LogP contribution in [0.25, 0.3) is 0 Å². The average molecular weight is 347 g/mol. The first-order valence-corrected chi connectivity index (χ1v) is 8.30. The monoisotopic (exact) mass is 346 g/mol. The molecule has 0 N–H and O–H groups in total. The van der Waals surface area contributed by atoms with Crippen molar-refractivity contribution in [2.45, 2.75) is 36.7 Å². The van der Waals surface area contributed by atoms with Crippen molar-refractivity contribution >= 4 is 34.9 Å². The number of nitrogens with zero attached hydrogens (tertiary/aromatic N) is 6. The summed E-state index contributed by atoms with van der Waals surface area (Å²) in [5.41, 5.74) is -1.38. The largest absolute Gasteiger partial charge is 0.359 e. The Labute approximate surface area is 142 Å². The third-order valence-electron chi connectivity index (χ3n) is 4.05. The van der Waals surface area contributed by atoms with Gasteiger partial charge in [-0.3, -0.25) is 9.98 Å². The molecule has 2 rings (SSSR count). The Kier molecular flexibility index (Phi) is 5.02. The van der Waals surface area contributed by atoms with E-state index in [-0.39, 0.29) is 0 Å². The zero-order chi connectivity index (χ0) is 16.5. The van der Waals surface area contributed by atoms with E-state index in [0.29, 0.717) is 0 Å². The maximum Gasteiger partial charge on any atom is 0.165 e. The average Bonchev–Trinajstić information content (AvgIpc) is 3.05. The van der Waals surface area contributed by atoms with Gasteiger partial charge < -0.3 is 9.80 Å². The van der Waals surface area contributed by atoms with Crippen LogP contribution < -0.4 is 0 Å². The molecule has 2 aliphatic heterocycles. The van der Waals surface area contributed by atoms with Crippen molar-refractivity contribution in [3.63, 3.8) is 0 Å². The number of alkyl halides is 2. The van der Waals surface area contributed by atoms with E-state index < -0.39 is 15.9 Å². The van der Waals surface area contributed by atoms with E-state index in [1.165, 1.54) is 0 Å². The van der Waals surface area contributed by atoms with E-state index in [2.05, 4.69) is 25.1 Å². The van der Waals surface area contributed by atoms with Gasteiger partial charge in [-0.25, -0.2) is 0 Å². The zero-order valence-corrected chi connectivity index (χ0v) is 15.4. The van der Waals surface area contributed by atoms with Gasteiger partial charge in [0.2, 0.25) is 0 Å². The van der Waals surface area contributed by atoms with Crippen molar-refractivity contribution in [3.05, 3.63) is 0 Å². The molecule has 0 radical (unpaired) electrons. The first kappa shape index (κ1) is 17.5. The minimum Gasteiger partial charge on any atom is -0.359 e. The summed E-state index contributed by atoms with van der Waals surface area (Å²) in [6, 6.07) is 0. The number of hydrogen-bond acceptors (Lipinski definition) is 6. The predicted octanol–water partition coefficient (Wildman–Crippen LogP) is 2.47. The first-order valence-electron chi connectivity index (χ1n) is 7.43. The van der Waals surface area contributed by atoms with Crippen molar-refractivity contribution < 1.29 is 0 Å². The Morgan fingerprint density at radius 3 is 1.86 bits per heavy atom. The van der Waals surface area contributed by atoms with E-state index in [9.17, 15) is 0 Å². The van der Waals surface area contributed by atoms with E-state index in [4.69, 9.17) is 23.2 Å². The van der Waals surface area contributed by atoms with Gasteiger partial charge in [-0.05, 0) is 20.8 Å². The SMILES string of the molecule is CN1CCN=C1C(C)(C)N=NC(C)(C1=NCCN1C)C(Cl)Cl. The molecule has 0 bridgehead atoms. The third-order valence-corrected chi connectivity index (χ3v) is 4.90. The number of hydrogen-bond donors (Lipinski definition) is 0. The molecule has 6 nitrogen and oxygen atoms in total. The van der Waals surface area contributed by atoms with Crippen LogP contribution in [0.1, 0.15) is 20.8 Å². The smallest absolute Gasteiger partial charge is 0.165 e. The molecule has 124 valence electrons. The Hall–Kier alpha value is -0.880. The molecule has 0 spiro atoms. The molecular weight excluding hydrogens is 323 g/mol. The maximum absolute atomic E-state index is 6.21. The van der Waals surface area contributed by atoms with Crippen LogP contribution >= 0.6 is 23.2 Å². The molecule has 0 aliphatic carbocycles. The summed E-state index contributed by atoms with van der Waals surface area (Å²) in [7, 11) is 3.98. The molecule has 0 fully saturated rings. The van der Waals surface area contributed by atoms with Gasteiger partial charge in [-0.1, -0.05) is 0 Å². The number of azo groups is 1. The van der Waals surface area contributed by atoms with Crippen LogP contribution in [0, 0.1) is 0 Å². The van der Waals surface area contributed by atoms with Crippen LogP contribution in [0.15, 0.2) is 20.2 Å². The topological polar surface area (TPSA) is 55.9 Å². The second-order valence-electron chi connectivity index (χ2n) is 6.46. The van der Waals surface area contributed by atoms with E-state index >= 15 is 0 Å². The lowest BCUT2D eigenvalue weighted by atomic mass is 10.0. The molecule has 0 aromatic rings.